The summed E-state index contributed by atoms with van der Waals surface area (Å²) in [6, 6.07) is 11.4. The van der Waals surface area contributed by atoms with Gasteiger partial charge in [-0.05, 0) is 18.2 Å². The highest BCUT2D eigenvalue weighted by Gasteiger charge is 2.10. The van der Waals surface area contributed by atoms with Crippen molar-refractivity contribution in [1.82, 2.24) is 9.97 Å². The zero-order chi connectivity index (χ0) is 13.4. The van der Waals surface area contributed by atoms with Gasteiger partial charge in [0.25, 0.3) is 0 Å². The molecule has 2 nitrogen and oxygen atoms in total. The van der Waals surface area contributed by atoms with Gasteiger partial charge >= 0.3 is 0 Å². The molecule has 0 atom stereocenters. The van der Waals surface area contributed by atoms with E-state index in [2.05, 4.69) is 9.97 Å². The highest BCUT2D eigenvalue weighted by atomic mass is 35.5. The van der Waals surface area contributed by atoms with Crippen molar-refractivity contribution in [1.29, 1.82) is 0 Å². The van der Waals surface area contributed by atoms with Gasteiger partial charge in [-0.3, -0.25) is 4.98 Å². The Bertz CT molecular complexity index is 772. The number of halogens is 3. The van der Waals surface area contributed by atoms with E-state index in [9.17, 15) is 0 Å². The fourth-order valence-corrected chi connectivity index (χ4v) is 2.45. The average molecular weight is 310 g/mol. The summed E-state index contributed by atoms with van der Waals surface area (Å²) in [5.41, 5.74) is 2.30. The van der Waals surface area contributed by atoms with E-state index in [1.54, 1.807) is 12.3 Å². The Kier molecular flexibility index (Phi) is 3.31. The first-order valence-electron chi connectivity index (χ1n) is 5.52. The van der Waals surface area contributed by atoms with Gasteiger partial charge in [0.05, 0.1) is 21.3 Å². The van der Waals surface area contributed by atoms with Gasteiger partial charge < -0.3 is 0 Å². The van der Waals surface area contributed by atoms with Crippen LogP contribution in [0.4, 0.5) is 0 Å². The molecule has 3 rings (SSSR count). The Morgan fingerprint density at radius 3 is 2.53 bits per heavy atom. The normalized spacial score (nSPS) is 10.9. The van der Waals surface area contributed by atoms with Crippen LogP contribution in [0.5, 0.6) is 0 Å². The van der Waals surface area contributed by atoms with Gasteiger partial charge in [0.1, 0.15) is 5.15 Å². The van der Waals surface area contributed by atoms with E-state index in [1.807, 2.05) is 30.3 Å². The summed E-state index contributed by atoms with van der Waals surface area (Å²) in [5, 5.41) is 2.04. The predicted molar refractivity (Wildman–Crippen MR) is 80.0 cm³/mol. The monoisotopic (exact) mass is 308 g/mol. The SMILES string of the molecule is Clc1cc(Cl)c(-c2cnc3ccccc3c2)nc1Cl. The van der Waals surface area contributed by atoms with Gasteiger partial charge in [-0.15, -0.1) is 0 Å². The highest BCUT2D eigenvalue weighted by Crippen LogP contribution is 2.32. The van der Waals surface area contributed by atoms with Crippen LogP contribution in [0.3, 0.4) is 0 Å². The Morgan fingerprint density at radius 1 is 0.895 bits per heavy atom. The van der Waals surface area contributed by atoms with Crippen molar-refractivity contribution in [2.24, 2.45) is 0 Å². The van der Waals surface area contributed by atoms with Crippen molar-refractivity contribution >= 4 is 45.7 Å². The number of rotatable bonds is 1. The van der Waals surface area contributed by atoms with E-state index in [-0.39, 0.29) is 5.15 Å². The maximum absolute atomic E-state index is 6.15. The lowest BCUT2D eigenvalue weighted by Gasteiger charge is -2.06. The van der Waals surface area contributed by atoms with Crippen LogP contribution in [0.2, 0.25) is 15.2 Å². The number of hydrogen-bond acceptors (Lipinski definition) is 2. The van der Waals surface area contributed by atoms with E-state index >= 15 is 0 Å². The van der Waals surface area contributed by atoms with Crippen LogP contribution < -0.4 is 0 Å². The summed E-state index contributed by atoms with van der Waals surface area (Å²) in [6.45, 7) is 0. The third kappa shape index (κ3) is 2.39. The summed E-state index contributed by atoms with van der Waals surface area (Å²) in [6.07, 6.45) is 1.72. The molecule has 0 aliphatic heterocycles. The zero-order valence-electron chi connectivity index (χ0n) is 9.57. The standard InChI is InChI=1S/C14H7Cl3N2/c15-10-6-11(16)14(17)19-13(10)9-5-8-3-1-2-4-12(8)18-7-9/h1-7H. The van der Waals surface area contributed by atoms with Gasteiger partial charge in [-0.25, -0.2) is 4.98 Å². The maximum atomic E-state index is 6.15. The topological polar surface area (TPSA) is 25.8 Å². The zero-order valence-corrected chi connectivity index (χ0v) is 11.8. The van der Waals surface area contributed by atoms with E-state index in [4.69, 9.17) is 34.8 Å². The van der Waals surface area contributed by atoms with Gasteiger partial charge in [0.2, 0.25) is 0 Å². The van der Waals surface area contributed by atoms with Crippen molar-refractivity contribution in [3.63, 3.8) is 0 Å². The summed E-state index contributed by atoms with van der Waals surface area (Å²) in [4.78, 5) is 8.59. The Hall–Kier alpha value is -1.35. The molecule has 0 aliphatic carbocycles. The van der Waals surface area contributed by atoms with Gasteiger partial charge in [-0.1, -0.05) is 53.0 Å². The van der Waals surface area contributed by atoms with E-state index in [0.29, 0.717) is 15.7 Å². The van der Waals surface area contributed by atoms with Crippen molar-refractivity contribution in [3.8, 4) is 11.3 Å². The Labute approximate surface area is 125 Å². The number of fused-ring (bicyclic) bond motifs is 1. The molecule has 0 radical (unpaired) electrons. The third-order valence-corrected chi connectivity index (χ3v) is 3.71. The van der Waals surface area contributed by atoms with E-state index < -0.39 is 0 Å². The molecule has 0 aliphatic rings. The molecule has 0 spiro atoms. The van der Waals surface area contributed by atoms with Gasteiger partial charge in [0.15, 0.2) is 0 Å². The van der Waals surface area contributed by atoms with E-state index in [1.165, 1.54) is 0 Å². The highest BCUT2D eigenvalue weighted by molar-refractivity contribution is 6.43. The largest absolute Gasteiger partial charge is 0.256 e. The molecule has 0 saturated carbocycles. The van der Waals surface area contributed by atoms with Crippen LogP contribution in [0.25, 0.3) is 22.2 Å². The first-order valence-corrected chi connectivity index (χ1v) is 6.65. The molecule has 5 heteroatoms. The van der Waals surface area contributed by atoms with Crippen molar-refractivity contribution in [2.45, 2.75) is 0 Å². The fraction of sp³-hybridized carbons (Fsp3) is 0. The molecule has 0 N–H and O–H groups in total. The number of nitrogens with zero attached hydrogens (tertiary/aromatic N) is 2. The second-order valence-electron chi connectivity index (χ2n) is 4.01. The van der Waals surface area contributed by atoms with Crippen LogP contribution in [-0.2, 0) is 0 Å². The predicted octanol–water partition coefficient (Wildman–Crippen LogP) is 5.26. The van der Waals surface area contributed by atoms with Crippen LogP contribution in [0.1, 0.15) is 0 Å². The lowest BCUT2D eigenvalue weighted by Crippen LogP contribution is -1.89. The van der Waals surface area contributed by atoms with Crippen LogP contribution in [-0.4, -0.2) is 9.97 Å². The quantitative estimate of drug-likeness (QED) is 0.573. The minimum Gasteiger partial charge on any atom is -0.256 e. The summed E-state index contributed by atoms with van der Waals surface area (Å²) < 4.78 is 0. The van der Waals surface area contributed by atoms with Crippen molar-refractivity contribution in [2.75, 3.05) is 0 Å². The molecular formula is C14H7Cl3N2. The molecular weight excluding hydrogens is 303 g/mol. The third-order valence-electron chi connectivity index (χ3n) is 2.75. The second kappa shape index (κ2) is 4.97. The number of pyridine rings is 2. The molecule has 94 valence electrons. The first-order chi connectivity index (χ1) is 9.15. The molecule has 0 saturated heterocycles. The minimum atomic E-state index is 0.231. The number of benzene rings is 1. The van der Waals surface area contributed by atoms with Gasteiger partial charge in [-0.2, -0.15) is 0 Å². The second-order valence-corrected chi connectivity index (χ2v) is 5.18. The lowest BCUT2D eigenvalue weighted by atomic mass is 10.1. The molecule has 3 aromatic rings. The van der Waals surface area contributed by atoms with Crippen molar-refractivity contribution in [3.05, 3.63) is 57.8 Å². The summed E-state index contributed by atoms with van der Waals surface area (Å²) in [5.74, 6) is 0. The molecule has 0 bridgehead atoms. The summed E-state index contributed by atoms with van der Waals surface area (Å²) >= 11 is 18.0. The molecule has 1 aromatic carbocycles. The first kappa shape index (κ1) is 12.7. The molecule has 0 fully saturated rings. The summed E-state index contributed by atoms with van der Waals surface area (Å²) in [7, 11) is 0. The number of aromatic nitrogens is 2. The number of para-hydroxylation sites is 1. The Balaban J connectivity index is 2.21. The van der Waals surface area contributed by atoms with Crippen LogP contribution in [0, 0.1) is 0 Å². The van der Waals surface area contributed by atoms with Crippen LogP contribution in [0.15, 0.2) is 42.6 Å². The molecule has 2 aromatic heterocycles. The smallest absolute Gasteiger partial charge is 0.148 e. The Morgan fingerprint density at radius 2 is 1.68 bits per heavy atom. The fourth-order valence-electron chi connectivity index (χ4n) is 1.85. The minimum absolute atomic E-state index is 0.231. The molecule has 0 unspecified atom stereocenters. The van der Waals surface area contributed by atoms with Crippen LogP contribution >= 0.6 is 34.8 Å². The maximum Gasteiger partial charge on any atom is 0.148 e. The average Bonchev–Trinajstić information content (AvgIpc) is 2.42. The lowest BCUT2D eigenvalue weighted by molar-refractivity contribution is 1.31. The molecule has 2 heterocycles. The van der Waals surface area contributed by atoms with Gasteiger partial charge in [0, 0.05) is 17.1 Å². The molecule has 0 amide bonds. The molecule has 19 heavy (non-hydrogen) atoms. The number of hydrogen-bond donors (Lipinski definition) is 0. The van der Waals surface area contributed by atoms with E-state index in [0.717, 1.165) is 16.5 Å². The van der Waals surface area contributed by atoms with Crippen molar-refractivity contribution < 1.29 is 0 Å².